The van der Waals surface area contributed by atoms with Crippen LogP contribution >= 0.6 is 0 Å². The van der Waals surface area contributed by atoms with E-state index in [0.29, 0.717) is 12.5 Å². The molecule has 0 aromatic rings. The molecule has 0 amide bonds. The molecule has 4 nitrogen and oxygen atoms in total. The summed E-state index contributed by atoms with van der Waals surface area (Å²) in [6.07, 6.45) is 8.97. The van der Waals surface area contributed by atoms with Gasteiger partial charge in [-0.15, -0.1) is 0 Å². The van der Waals surface area contributed by atoms with E-state index in [4.69, 9.17) is 9.47 Å². The highest BCUT2D eigenvalue weighted by Gasteiger charge is 2.44. The van der Waals surface area contributed by atoms with E-state index in [2.05, 4.69) is 17.5 Å². The van der Waals surface area contributed by atoms with Crippen molar-refractivity contribution in [3.05, 3.63) is 23.8 Å². The molecule has 1 aliphatic carbocycles. The Balaban J connectivity index is 1.94. The van der Waals surface area contributed by atoms with Crippen LogP contribution in [0.1, 0.15) is 19.3 Å². The van der Waals surface area contributed by atoms with Gasteiger partial charge in [-0.3, -0.25) is 0 Å². The summed E-state index contributed by atoms with van der Waals surface area (Å²) >= 11 is 0. The van der Waals surface area contributed by atoms with Gasteiger partial charge in [-0.05, 0) is 31.4 Å². The number of nitrogens with one attached hydrogen (secondary N) is 1. The lowest BCUT2D eigenvalue weighted by atomic mass is 9.69. The molecule has 0 aromatic heterocycles. The summed E-state index contributed by atoms with van der Waals surface area (Å²) in [7, 11) is 1.73. The molecule has 0 saturated carbocycles. The fourth-order valence-electron chi connectivity index (χ4n) is 3.37. The Kier molecular flexibility index (Phi) is 2.99. The molecule has 3 aliphatic rings. The van der Waals surface area contributed by atoms with E-state index in [1.165, 1.54) is 5.57 Å². The molecule has 0 bridgehead atoms. The minimum atomic E-state index is -0.201. The molecule has 0 aromatic carbocycles. The van der Waals surface area contributed by atoms with Crippen LogP contribution in [0.4, 0.5) is 0 Å². The third-order valence-electron chi connectivity index (χ3n) is 4.32. The van der Waals surface area contributed by atoms with Crippen LogP contribution in [0.15, 0.2) is 23.8 Å². The molecule has 3 atom stereocenters. The Morgan fingerprint density at radius 3 is 3.28 bits per heavy atom. The molecule has 98 valence electrons. The molecule has 0 radical (unpaired) electrons. The predicted octanol–water partition coefficient (Wildman–Crippen LogP) is 1.18. The van der Waals surface area contributed by atoms with Gasteiger partial charge in [-0.2, -0.15) is 0 Å². The summed E-state index contributed by atoms with van der Waals surface area (Å²) in [6.45, 7) is 1.51. The highest BCUT2D eigenvalue weighted by molar-refractivity contribution is 5.84. The summed E-state index contributed by atoms with van der Waals surface area (Å²) in [5.41, 5.74) is 1.12. The maximum absolute atomic E-state index is 11.5. The summed E-state index contributed by atoms with van der Waals surface area (Å²) in [5.74, 6) is 0.181. The minimum Gasteiger partial charge on any atom is -0.462 e. The van der Waals surface area contributed by atoms with Crippen molar-refractivity contribution in [3.8, 4) is 0 Å². The maximum Gasteiger partial charge on any atom is 0.330 e. The van der Waals surface area contributed by atoms with Crippen molar-refractivity contribution in [2.75, 3.05) is 20.3 Å². The first-order valence-corrected chi connectivity index (χ1v) is 6.57. The van der Waals surface area contributed by atoms with E-state index in [0.717, 1.165) is 25.8 Å². The lowest BCUT2D eigenvalue weighted by molar-refractivity contribution is -0.140. The van der Waals surface area contributed by atoms with Crippen molar-refractivity contribution in [1.29, 1.82) is 0 Å². The molecule has 1 spiro atoms. The molecule has 2 aliphatic heterocycles. The molecular formula is C14H19NO3. The summed E-state index contributed by atoms with van der Waals surface area (Å²) in [6, 6.07) is 0. The first kappa shape index (κ1) is 11.9. The quantitative estimate of drug-likeness (QED) is 0.560. The zero-order valence-corrected chi connectivity index (χ0v) is 10.6. The van der Waals surface area contributed by atoms with Crippen LogP contribution in [0.25, 0.3) is 0 Å². The van der Waals surface area contributed by atoms with Gasteiger partial charge >= 0.3 is 5.97 Å². The second-order valence-corrected chi connectivity index (χ2v) is 5.33. The lowest BCUT2D eigenvalue weighted by Crippen LogP contribution is -2.57. The van der Waals surface area contributed by atoms with Crippen molar-refractivity contribution in [2.45, 2.75) is 30.9 Å². The number of hydrogen-bond donors (Lipinski definition) is 1. The fourth-order valence-corrected chi connectivity index (χ4v) is 3.37. The standard InChI is InChI=1S/C14H19NO3/c1-17-11-3-2-5-14(8-11)12-7-13(16)18-9-10(12)4-6-15-14/h2-3,7,10-11,15H,4-6,8-9H2,1H3. The third kappa shape index (κ3) is 1.89. The number of rotatable bonds is 1. The molecule has 1 saturated heterocycles. The monoisotopic (exact) mass is 249 g/mol. The van der Waals surface area contributed by atoms with Crippen LogP contribution < -0.4 is 5.32 Å². The average Bonchev–Trinajstić information content (AvgIpc) is 2.40. The smallest absolute Gasteiger partial charge is 0.330 e. The number of cyclic esters (lactones) is 1. The number of methoxy groups -OCH3 is 1. The molecule has 1 fully saturated rings. The van der Waals surface area contributed by atoms with Crippen LogP contribution in [0, 0.1) is 5.92 Å². The van der Waals surface area contributed by atoms with Gasteiger partial charge in [0.2, 0.25) is 0 Å². The van der Waals surface area contributed by atoms with E-state index < -0.39 is 0 Å². The Morgan fingerprint density at radius 2 is 2.44 bits per heavy atom. The van der Waals surface area contributed by atoms with E-state index in [9.17, 15) is 4.79 Å². The SMILES string of the molecule is COC1C=CCC2(C1)NCCC1COC(=O)C=C12. The summed E-state index contributed by atoms with van der Waals surface area (Å²) in [4.78, 5) is 11.5. The van der Waals surface area contributed by atoms with Gasteiger partial charge in [0.25, 0.3) is 0 Å². The number of carbonyl (C=O) groups excluding carboxylic acids is 1. The Bertz CT molecular complexity index is 415. The molecule has 18 heavy (non-hydrogen) atoms. The number of hydrogen-bond acceptors (Lipinski definition) is 4. The van der Waals surface area contributed by atoms with Gasteiger partial charge in [0.05, 0.1) is 12.7 Å². The maximum atomic E-state index is 11.5. The number of fused-ring (bicyclic) bond motifs is 2. The molecular weight excluding hydrogens is 230 g/mol. The van der Waals surface area contributed by atoms with Crippen LogP contribution in [0.5, 0.6) is 0 Å². The van der Waals surface area contributed by atoms with Crippen LogP contribution in [-0.4, -0.2) is 37.9 Å². The van der Waals surface area contributed by atoms with Crippen molar-refractivity contribution in [3.63, 3.8) is 0 Å². The molecule has 2 heterocycles. The normalized spacial score (nSPS) is 39.2. The summed E-state index contributed by atoms with van der Waals surface area (Å²) < 4.78 is 10.6. The van der Waals surface area contributed by atoms with Gasteiger partial charge in [0.1, 0.15) is 0 Å². The van der Waals surface area contributed by atoms with E-state index in [-0.39, 0.29) is 17.6 Å². The first-order chi connectivity index (χ1) is 8.73. The van der Waals surface area contributed by atoms with E-state index >= 15 is 0 Å². The highest BCUT2D eigenvalue weighted by atomic mass is 16.5. The van der Waals surface area contributed by atoms with E-state index in [1.807, 2.05) is 0 Å². The van der Waals surface area contributed by atoms with Gasteiger partial charge in [0, 0.05) is 24.6 Å². The number of piperidine rings is 1. The molecule has 4 heteroatoms. The summed E-state index contributed by atoms with van der Waals surface area (Å²) in [5, 5.41) is 3.61. The van der Waals surface area contributed by atoms with E-state index in [1.54, 1.807) is 13.2 Å². The topological polar surface area (TPSA) is 47.6 Å². The second kappa shape index (κ2) is 4.52. The Morgan fingerprint density at radius 1 is 1.56 bits per heavy atom. The van der Waals surface area contributed by atoms with Crippen LogP contribution in [0.2, 0.25) is 0 Å². The molecule has 3 rings (SSSR count). The van der Waals surface area contributed by atoms with Crippen molar-refractivity contribution < 1.29 is 14.3 Å². The first-order valence-electron chi connectivity index (χ1n) is 6.57. The predicted molar refractivity (Wildman–Crippen MR) is 67.1 cm³/mol. The Hall–Kier alpha value is -1.13. The molecule has 3 unspecified atom stereocenters. The zero-order valence-electron chi connectivity index (χ0n) is 10.6. The lowest BCUT2D eigenvalue weighted by Gasteiger charge is -2.47. The van der Waals surface area contributed by atoms with Gasteiger partial charge in [-0.25, -0.2) is 4.79 Å². The largest absolute Gasteiger partial charge is 0.462 e. The van der Waals surface area contributed by atoms with Gasteiger partial charge in [0.15, 0.2) is 0 Å². The third-order valence-corrected chi connectivity index (χ3v) is 4.32. The van der Waals surface area contributed by atoms with Crippen LogP contribution in [-0.2, 0) is 14.3 Å². The van der Waals surface area contributed by atoms with Gasteiger partial charge < -0.3 is 14.8 Å². The molecule has 1 N–H and O–H groups in total. The number of esters is 1. The van der Waals surface area contributed by atoms with Crippen molar-refractivity contribution >= 4 is 5.97 Å². The van der Waals surface area contributed by atoms with Crippen LogP contribution in [0.3, 0.4) is 0 Å². The van der Waals surface area contributed by atoms with Crippen molar-refractivity contribution in [2.24, 2.45) is 5.92 Å². The number of ether oxygens (including phenoxy) is 2. The minimum absolute atomic E-state index is 0.0994. The average molecular weight is 249 g/mol. The van der Waals surface area contributed by atoms with Gasteiger partial charge in [-0.1, -0.05) is 12.2 Å². The fraction of sp³-hybridized carbons (Fsp3) is 0.643. The zero-order chi connectivity index (χ0) is 12.6. The highest BCUT2D eigenvalue weighted by Crippen LogP contribution is 2.41. The van der Waals surface area contributed by atoms with Crippen molar-refractivity contribution in [1.82, 2.24) is 5.32 Å². The Labute approximate surface area is 107 Å². The number of carbonyl (C=O) groups is 1. The second-order valence-electron chi connectivity index (χ2n) is 5.33.